The Balaban J connectivity index is 2.21. The Bertz CT molecular complexity index is 306. The first-order valence-electron chi connectivity index (χ1n) is 3.67. The lowest BCUT2D eigenvalue weighted by Crippen LogP contribution is -1.92. The Hall–Kier alpha value is -0.480. The molecule has 2 rings (SSSR count). The Morgan fingerprint density at radius 1 is 1.58 bits per heavy atom. The van der Waals surface area contributed by atoms with Crippen molar-refractivity contribution in [3.63, 3.8) is 0 Å². The largest absolute Gasteiger partial charge is 0.507 e. The first kappa shape index (κ1) is 8.13. The summed E-state index contributed by atoms with van der Waals surface area (Å²) >= 11 is 3.15. The predicted octanol–water partition coefficient (Wildman–Crippen LogP) is 2.20. The Kier molecular flexibility index (Phi) is 2.11. The Labute approximate surface area is 78.6 Å². The fourth-order valence-corrected chi connectivity index (χ4v) is 3.46. The lowest BCUT2D eigenvalue weighted by molar-refractivity contribution is -0.116. The molecule has 2 heterocycles. The number of Topliss-reactive ketones (excluding diaryl/α,β-unsaturated/α-hetero) is 1. The number of carbonyl (C=O) groups is 1. The molecule has 1 aliphatic rings. The monoisotopic (exact) mass is 200 g/mol. The fraction of sp³-hybridized carbons (Fsp3) is 0.375. The van der Waals surface area contributed by atoms with Gasteiger partial charge >= 0.3 is 0 Å². The normalized spacial score (nSPS) is 23.3. The van der Waals surface area contributed by atoms with E-state index in [1.807, 2.05) is 5.38 Å². The summed E-state index contributed by atoms with van der Waals surface area (Å²) in [5, 5.41) is 11.4. The van der Waals surface area contributed by atoms with Gasteiger partial charge in [0.05, 0.1) is 15.9 Å². The molecule has 1 atom stereocenters. The van der Waals surface area contributed by atoms with Crippen LogP contribution >= 0.6 is 23.1 Å². The number of hydrogen-bond donors (Lipinski definition) is 1. The van der Waals surface area contributed by atoms with Crippen molar-refractivity contribution < 1.29 is 9.90 Å². The summed E-state index contributed by atoms with van der Waals surface area (Å²) in [6.45, 7) is 0. The second-order valence-electron chi connectivity index (χ2n) is 2.71. The molecule has 1 aliphatic heterocycles. The maximum atomic E-state index is 11.0. The van der Waals surface area contributed by atoms with E-state index in [1.54, 1.807) is 17.8 Å². The smallest absolute Gasteiger partial charge is 0.144 e. The molecule has 1 fully saturated rings. The Morgan fingerprint density at radius 3 is 2.92 bits per heavy atom. The third kappa shape index (κ3) is 1.36. The van der Waals surface area contributed by atoms with Crippen molar-refractivity contribution in [2.75, 3.05) is 5.75 Å². The van der Waals surface area contributed by atoms with Gasteiger partial charge in [-0.05, 0) is 11.4 Å². The van der Waals surface area contributed by atoms with Crippen LogP contribution in [0.4, 0.5) is 0 Å². The summed E-state index contributed by atoms with van der Waals surface area (Å²) in [5.41, 5.74) is 0. The molecule has 1 saturated heterocycles. The first-order valence-corrected chi connectivity index (χ1v) is 5.60. The molecule has 0 radical (unpaired) electrons. The number of carbonyl (C=O) groups excluding carboxylic acids is 1. The maximum absolute atomic E-state index is 11.0. The minimum atomic E-state index is 0.206. The van der Waals surface area contributed by atoms with Crippen molar-refractivity contribution in [3.8, 4) is 5.75 Å². The number of rotatable bonds is 1. The highest BCUT2D eigenvalue weighted by Gasteiger charge is 2.26. The summed E-state index contributed by atoms with van der Waals surface area (Å²) in [6, 6.07) is 1.68. The zero-order valence-corrected chi connectivity index (χ0v) is 7.95. The molecule has 1 aromatic heterocycles. The average molecular weight is 200 g/mol. The van der Waals surface area contributed by atoms with Crippen molar-refractivity contribution in [1.29, 1.82) is 0 Å². The molecule has 1 N–H and O–H groups in total. The van der Waals surface area contributed by atoms with Gasteiger partial charge in [0.25, 0.3) is 0 Å². The molecule has 0 saturated carbocycles. The molecule has 1 unspecified atom stereocenters. The van der Waals surface area contributed by atoms with Gasteiger partial charge < -0.3 is 5.11 Å². The van der Waals surface area contributed by atoms with Gasteiger partial charge in [-0.1, -0.05) is 0 Å². The highest BCUT2D eigenvalue weighted by Crippen LogP contribution is 2.44. The lowest BCUT2D eigenvalue weighted by atomic mass is 10.2. The van der Waals surface area contributed by atoms with Gasteiger partial charge in [-0.3, -0.25) is 4.79 Å². The van der Waals surface area contributed by atoms with Crippen molar-refractivity contribution in [1.82, 2.24) is 0 Å². The highest BCUT2D eigenvalue weighted by atomic mass is 32.2. The van der Waals surface area contributed by atoms with Gasteiger partial charge in [0.15, 0.2) is 0 Å². The van der Waals surface area contributed by atoms with Crippen LogP contribution in [0.15, 0.2) is 11.4 Å². The van der Waals surface area contributed by atoms with Crippen molar-refractivity contribution in [2.24, 2.45) is 0 Å². The van der Waals surface area contributed by atoms with Gasteiger partial charge in [0.2, 0.25) is 0 Å². The van der Waals surface area contributed by atoms with E-state index in [-0.39, 0.29) is 11.0 Å². The van der Waals surface area contributed by atoms with Crippen molar-refractivity contribution >= 4 is 28.9 Å². The zero-order chi connectivity index (χ0) is 8.55. The molecular formula is C8H8O2S2. The minimum absolute atomic E-state index is 0.206. The van der Waals surface area contributed by atoms with E-state index in [0.717, 1.165) is 4.88 Å². The number of ketones is 1. The molecule has 64 valence electrons. The Morgan fingerprint density at radius 2 is 2.42 bits per heavy atom. The summed E-state index contributed by atoms with van der Waals surface area (Å²) in [4.78, 5) is 11.9. The number of hydrogen-bond acceptors (Lipinski definition) is 4. The lowest BCUT2D eigenvalue weighted by Gasteiger charge is -2.03. The van der Waals surface area contributed by atoms with Crippen LogP contribution in [0, 0.1) is 0 Å². The summed E-state index contributed by atoms with van der Waals surface area (Å²) in [5.74, 6) is 1.23. The van der Waals surface area contributed by atoms with E-state index >= 15 is 0 Å². The molecule has 1 aromatic rings. The fourth-order valence-electron chi connectivity index (χ4n) is 1.24. The zero-order valence-electron chi connectivity index (χ0n) is 6.32. The topological polar surface area (TPSA) is 37.3 Å². The molecule has 0 aromatic carbocycles. The van der Waals surface area contributed by atoms with Gasteiger partial charge in [0.1, 0.15) is 11.5 Å². The number of aromatic hydroxyl groups is 1. The SMILES string of the molecule is O=C1CSC(c2sccc2O)C1. The second-order valence-corrected chi connectivity index (χ2v) is 4.85. The minimum Gasteiger partial charge on any atom is -0.507 e. The van der Waals surface area contributed by atoms with Gasteiger partial charge in [-0.15, -0.1) is 23.1 Å². The van der Waals surface area contributed by atoms with Gasteiger partial charge in [0, 0.05) is 6.42 Å². The molecule has 2 nitrogen and oxygen atoms in total. The molecule has 0 spiro atoms. The third-order valence-electron chi connectivity index (χ3n) is 1.82. The number of thioether (sulfide) groups is 1. The molecule has 4 heteroatoms. The summed E-state index contributed by atoms with van der Waals surface area (Å²) in [6.07, 6.45) is 0.582. The first-order chi connectivity index (χ1) is 5.77. The van der Waals surface area contributed by atoms with Crippen molar-refractivity contribution in [2.45, 2.75) is 11.7 Å². The van der Waals surface area contributed by atoms with E-state index in [1.165, 1.54) is 11.3 Å². The average Bonchev–Trinajstić information content (AvgIpc) is 2.58. The van der Waals surface area contributed by atoms with Gasteiger partial charge in [-0.2, -0.15) is 0 Å². The molecule has 0 amide bonds. The molecule has 0 bridgehead atoms. The van der Waals surface area contributed by atoms with Crippen LogP contribution in [-0.2, 0) is 4.79 Å². The third-order valence-corrected chi connectivity index (χ3v) is 4.29. The number of thiophene rings is 1. The molecular weight excluding hydrogens is 192 g/mol. The second kappa shape index (κ2) is 3.11. The van der Waals surface area contributed by atoms with Gasteiger partial charge in [-0.25, -0.2) is 0 Å². The van der Waals surface area contributed by atoms with Crippen LogP contribution in [0.5, 0.6) is 5.75 Å². The van der Waals surface area contributed by atoms with Crippen molar-refractivity contribution in [3.05, 3.63) is 16.3 Å². The van der Waals surface area contributed by atoms with E-state index < -0.39 is 0 Å². The maximum Gasteiger partial charge on any atom is 0.144 e. The predicted molar refractivity (Wildman–Crippen MR) is 50.8 cm³/mol. The van der Waals surface area contributed by atoms with E-state index in [2.05, 4.69) is 0 Å². The van der Waals surface area contributed by atoms with Crippen LogP contribution in [-0.4, -0.2) is 16.6 Å². The van der Waals surface area contributed by atoms with Crippen LogP contribution in [0.3, 0.4) is 0 Å². The van der Waals surface area contributed by atoms with Crippen LogP contribution in [0.2, 0.25) is 0 Å². The van der Waals surface area contributed by atoms with E-state index in [0.29, 0.717) is 17.9 Å². The quantitative estimate of drug-likeness (QED) is 0.755. The summed E-state index contributed by atoms with van der Waals surface area (Å²) < 4.78 is 0. The van der Waals surface area contributed by atoms with Crippen LogP contribution < -0.4 is 0 Å². The summed E-state index contributed by atoms with van der Waals surface area (Å²) in [7, 11) is 0. The van der Waals surface area contributed by atoms with E-state index in [4.69, 9.17) is 0 Å². The highest BCUT2D eigenvalue weighted by molar-refractivity contribution is 8.00. The molecule has 0 aliphatic carbocycles. The standard InChI is InChI=1S/C8H8O2S2/c9-5-3-7(12-4-5)8-6(10)1-2-11-8/h1-2,7,10H,3-4H2. The molecule has 12 heavy (non-hydrogen) atoms. The van der Waals surface area contributed by atoms with Crippen LogP contribution in [0.25, 0.3) is 0 Å². The van der Waals surface area contributed by atoms with Crippen LogP contribution in [0.1, 0.15) is 16.5 Å². The van der Waals surface area contributed by atoms with E-state index in [9.17, 15) is 9.90 Å².